The molecule has 0 radical (unpaired) electrons. The van der Waals surface area contributed by atoms with Crippen molar-refractivity contribution < 1.29 is 9.53 Å². The maximum Gasteiger partial charge on any atom is 0.221 e. The van der Waals surface area contributed by atoms with E-state index in [0.717, 1.165) is 18.4 Å². The third-order valence-electron chi connectivity index (χ3n) is 3.15. The molecule has 98 valence electrons. The molecule has 0 spiro atoms. The SMILES string of the molecule is COc1ccc(CNC(=O)CC(N)C2CC2)cn1. The molecular formula is C13H19N3O2. The minimum absolute atomic E-state index is 0.00483. The second-order valence-corrected chi connectivity index (χ2v) is 4.69. The Labute approximate surface area is 107 Å². The molecule has 1 aliphatic rings. The topological polar surface area (TPSA) is 77.2 Å². The fourth-order valence-electron chi connectivity index (χ4n) is 1.81. The Hall–Kier alpha value is -1.62. The lowest BCUT2D eigenvalue weighted by atomic mass is 10.1. The lowest BCUT2D eigenvalue weighted by molar-refractivity contribution is -0.121. The molecule has 1 unspecified atom stereocenters. The van der Waals surface area contributed by atoms with Crippen LogP contribution in [0.3, 0.4) is 0 Å². The molecule has 1 amide bonds. The number of nitrogens with two attached hydrogens (primary N) is 1. The molecule has 1 atom stereocenters. The second-order valence-electron chi connectivity index (χ2n) is 4.69. The number of hydrogen-bond acceptors (Lipinski definition) is 4. The number of amides is 1. The Kier molecular flexibility index (Phi) is 4.15. The third-order valence-corrected chi connectivity index (χ3v) is 3.15. The van der Waals surface area contributed by atoms with Crippen molar-refractivity contribution >= 4 is 5.91 Å². The number of ether oxygens (including phenoxy) is 1. The zero-order chi connectivity index (χ0) is 13.0. The minimum Gasteiger partial charge on any atom is -0.481 e. The molecule has 0 saturated heterocycles. The van der Waals surface area contributed by atoms with Gasteiger partial charge in [0.15, 0.2) is 0 Å². The summed E-state index contributed by atoms with van der Waals surface area (Å²) < 4.78 is 4.97. The lowest BCUT2D eigenvalue weighted by Gasteiger charge is -2.10. The predicted molar refractivity (Wildman–Crippen MR) is 68.0 cm³/mol. The fourth-order valence-corrected chi connectivity index (χ4v) is 1.81. The number of nitrogens with one attached hydrogen (secondary N) is 1. The van der Waals surface area contributed by atoms with E-state index >= 15 is 0 Å². The van der Waals surface area contributed by atoms with Gasteiger partial charge in [-0.1, -0.05) is 6.07 Å². The number of rotatable bonds is 6. The van der Waals surface area contributed by atoms with Gasteiger partial charge >= 0.3 is 0 Å². The monoisotopic (exact) mass is 249 g/mol. The maximum atomic E-state index is 11.6. The summed E-state index contributed by atoms with van der Waals surface area (Å²) in [6.45, 7) is 0.479. The fraction of sp³-hybridized carbons (Fsp3) is 0.538. The van der Waals surface area contributed by atoms with Gasteiger partial charge in [-0.15, -0.1) is 0 Å². The van der Waals surface area contributed by atoms with E-state index in [0.29, 0.717) is 24.8 Å². The molecule has 1 aliphatic carbocycles. The van der Waals surface area contributed by atoms with Crippen LogP contribution in [0.15, 0.2) is 18.3 Å². The van der Waals surface area contributed by atoms with Crippen LogP contribution in [0.25, 0.3) is 0 Å². The molecule has 2 rings (SSSR count). The number of hydrogen-bond donors (Lipinski definition) is 2. The van der Waals surface area contributed by atoms with Gasteiger partial charge in [-0.05, 0) is 24.3 Å². The van der Waals surface area contributed by atoms with Crippen LogP contribution in [0.5, 0.6) is 5.88 Å². The van der Waals surface area contributed by atoms with Crippen LogP contribution in [-0.2, 0) is 11.3 Å². The van der Waals surface area contributed by atoms with Crippen LogP contribution in [0.1, 0.15) is 24.8 Å². The molecule has 1 aromatic rings. The Balaban J connectivity index is 1.74. The highest BCUT2D eigenvalue weighted by molar-refractivity contribution is 5.76. The maximum absolute atomic E-state index is 11.6. The smallest absolute Gasteiger partial charge is 0.221 e. The Morgan fingerprint density at radius 1 is 1.61 bits per heavy atom. The van der Waals surface area contributed by atoms with Crippen molar-refractivity contribution in [1.29, 1.82) is 0 Å². The number of methoxy groups -OCH3 is 1. The molecule has 1 fully saturated rings. The largest absolute Gasteiger partial charge is 0.481 e. The lowest BCUT2D eigenvalue weighted by Crippen LogP contribution is -2.32. The molecule has 0 aliphatic heterocycles. The summed E-state index contributed by atoms with van der Waals surface area (Å²) in [7, 11) is 1.57. The van der Waals surface area contributed by atoms with Crippen molar-refractivity contribution in [2.24, 2.45) is 11.7 Å². The predicted octanol–water partition coefficient (Wildman–Crippen LogP) is 0.834. The van der Waals surface area contributed by atoms with E-state index in [-0.39, 0.29) is 11.9 Å². The molecule has 0 aromatic carbocycles. The summed E-state index contributed by atoms with van der Waals surface area (Å²) in [5.74, 6) is 1.13. The molecule has 1 aromatic heterocycles. The Morgan fingerprint density at radius 2 is 2.39 bits per heavy atom. The zero-order valence-electron chi connectivity index (χ0n) is 10.6. The van der Waals surface area contributed by atoms with Crippen molar-refractivity contribution in [2.45, 2.75) is 31.8 Å². The average Bonchev–Trinajstić information content (AvgIpc) is 3.21. The van der Waals surface area contributed by atoms with Crippen LogP contribution >= 0.6 is 0 Å². The van der Waals surface area contributed by atoms with Gasteiger partial charge in [0.25, 0.3) is 0 Å². The van der Waals surface area contributed by atoms with E-state index in [9.17, 15) is 4.79 Å². The quantitative estimate of drug-likeness (QED) is 0.783. The second kappa shape index (κ2) is 5.82. The number of carbonyl (C=O) groups excluding carboxylic acids is 1. The molecule has 1 saturated carbocycles. The summed E-state index contributed by atoms with van der Waals surface area (Å²) in [6.07, 6.45) is 4.43. The number of aromatic nitrogens is 1. The van der Waals surface area contributed by atoms with Gasteiger partial charge in [-0.3, -0.25) is 4.79 Å². The minimum atomic E-state index is 0.00483. The molecule has 1 heterocycles. The summed E-state index contributed by atoms with van der Waals surface area (Å²) in [4.78, 5) is 15.7. The third kappa shape index (κ3) is 3.70. The van der Waals surface area contributed by atoms with Crippen LogP contribution in [0.2, 0.25) is 0 Å². The van der Waals surface area contributed by atoms with E-state index in [1.807, 2.05) is 6.07 Å². The number of nitrogens with zero attached hydrogens (tertiary/aromatic N) is 1. The first-order valence-corrected chi connectivity index (χ1v) is 6.20. The summed E-state index contributed by atoms with van der Waals surface area (Å²) >= 11 is 0. The number of pyridine rings is 1. The van der Waals surface area contributed by atoms with Gasteiger partial charge in [0, 0.05) is 31.3 Å². The summed E-state index contributed by atoms with van der Waals surface area (Å²) in [6, 6.07) is 3.67. The van der Waals surface area contributed by atoms with Gasteiger partial charge in [0.05, 0.1) is 7.11 Å². The Morgan fingerprint density at radius 3 is 2.94 bits per heavy atom. The van der Waals surface area contributed by atoms with Gasteiger partial charge in [0.1, 0.15) is 0 Å². The van der Waals surface area contributed by atoms with E-state index < -0.39 is 0 Å². The standard InChI is InChI=1S/C13H19N3O2/c1-18-13-5-2-9(8-16-13)7-15-12(17)6-11(14)10-3-4-10/h2,5,8,10-11H,3-4,6-7,14H2,1H3,(H,15,17). The van der Waals surface area contributed by atoms with Crippen molar-refractivity contribution in [3.05, 3.63) is 23.9 Å². The van der Waals surface area contributed by atoms with E-state index in [1.54, 1.807) is 19.4 Å². The van der Waals surface area contributed by atoms with Crippen LogP contribution in [0.4, 0.5) is 0 Å². The first-order valence-electron chi connectivity index (χ1n) is 6.20. The van der Waals surface area contributed by atoms with E-state index in [4.69, 9.17) is 10.5 Å². The van der Waals surface area contributed by atoms with Crippen LogP contribution in [-0.4, -0.2) is 24.0 Å². The molecule has 3 N–H and O–H groups in total. The van der Waals surface area contributed by atoms with Gasteiger partial charge in [0.2, 0.25) is 11.8 Å². The molecular weight excluding hydrogens is 230 g/mol. The summed E-state index contributed by atoms with van der Waals surface area (Å²) in [5.41, 5.74) is 6.85. The summed E-state index contributed by atoms with van der Waals surface area (Å²) in [5, 5.41) is 2.85. The zero-order valence-corrected chi connectivity index (χ0v) is 10.6. The normalized spacial score (nSPS) is 16.1. The molecule has 5 nitrogen and oxygen atoms in total. The first kappa shape index (κ1) is 12.8. The first-order chi connectivity index (χ1) is 8.69. The van der Waals surface area contributed by atoms with Crippen LogP contribution in [0, 0.1) is 5.92 Å². The van der Waals surface area contributed by atoms with Gasteiger partial charge in [-0.2, -0.15) is 0 Å². The number of carbonyl (C=O) groups is 1. The van der Waals surface area contributed by atoms with Crippen molar-refractivity contribution in [3.8, 4) is 5.88 Å². The van der Waals surface area contributed by atoms with Crippen molar-refractivity contribution in [1.82, 2.24) is 10.3 Å². The van der Waals surface area contributed by atoms with Crippen molar-refractivity contribution in [2.75, 3.05) is 7.11 Å². The molecule has 18 heavy (non-hydrogen) atoms. The van der Waals surface area contributed by atoms with E-state index in [1.165, 1.54) is 0 Å². The average molecular weight is 249 g/mol. The molecule has 5 heteroatoms. The van der Waals surface area contributed by atoms with Crippen LogP contribution < -0.4 is 15.8 Å². The highest BCUT2D eigenvalue weighted by Crippen LogP contribution is 2.32. The highest BCUT2D eigenvalue weighted by Gasteiger charge is 2.29. The van der Waals surface area contributed by atoms with E-state index in [2.05, 4.69) is 10.3 Å². The molecule has 0 bridgehead atoms. The highest BCUT2D eigenvalue weighted by atomic mass is 16.5. The van der Waals surface area contributed by atoms with Gasteiger partial charge < -0.3 is 15.8 Å². The van der Waals surface area contributed by atoms with Crippen molar-refractivity contribution in [3.63, 3.8) is 0 Å². The Bertz CT molecular complexity index is 401. The van der Waals surface area contributed by atoms with Gasteiger partial charge in [-0.25, -0.2) is 4.98 Å².